The SMILES string of the molecule is CC(=O)OCC(Cc1ccc([N+](=O)[O-])cc1)NC(=O)C(Cl)Cl. The molecule has 22 heavy (non-hydrogen) atoms. The molecular weight excluding hydrogens is 335 g/mol. The number of alkyl halides is 2. The lowest BCUT2D eigenvalue weighted by atomic mass is 10.1. The highest BCUT2D eigenvalue weighted by Gasteiger charge is 2.19. The molecule has 0 aliphatic rings. The lowest BCUT2D eigenvalue weighted by molar-refractivity contribution is -0.384. The number of nitrogens with zero attached hydrogens (tertiary/aromatic N) is 1. The van der Waals surface area contributed by atoms with E-state index in [0.29, 0.717) is 6.42 Å². The van der Waals surface area contributed by atoms with E-state index in [4.69, 9.17) is 27.9 Å². The molecule has 0 fully saturated rings. The molecule has 0 aliphatic heterocycles. The number of rotatable bonds is 7. The van der Waals surface area contributed by atoms with E-state index >= 15 is 0 Å². The Labute approximate surface area is 136 Å². The first-order chi connectivity index (χ1) is 10.3. The quantitative estimate of drug-likeness (QED) is 0.351. The summed E-state index contributed by atoms with van der Waals surface area (Å²) in [5, 5.41) is 13.1. The Balaban J connectivity index is 2.75. The van der Waals surface area contributed by atoms with Gasteiger partial charge in [0.1, 0.15) is 6.61 Å². The van der Waals surface area contributed by atoms with Gasteiger partial charge in [0.15, 0.2) is 4.84 Å². The highest BCUT2D eigenvalue weighted by atomic mass is 35.5. The molecule has 1 N–H and O–H groups in total. The predicted octanol–water partition coefficient (Wildman–Crippen LogP) is 1.99. The van der Waals surface area contributed by atoms with Crippen molar-refractivity contribution in [3.8, 4) is 0 Å². The van der Waals surface area contributed by atoms with Gasteiger partial charge >= 0.3 is 5.97 Å². The standard InChI is InChI=1S/C13H14Cl2N2O5/c1-8(18)22-7-10(16-13(19)12(14)15)6-9-2-4-11(5-3-9)17(20)21/h2-5,10,12H,6-7H2,1H3,(H,16,19). The maximum absolute atomic E-state index is 11.5. The minimum absolute atomic E-state index is 0.0362. The molecule has 0 aromatic heterocycles. The Bertz CT molecular complexity index is 548. The summed E-state index contributed by atoms with van der Waals surface area (Å²) in [6, 6.07) is 5.28. The van der Waals surface area contributed by atoms with Crippen LogP contribution in [0.5, 0.6) is 0 Å². The van der Waals surface area contributed by atoms with Gasteiger partial charge in [-0.2, -0.15) is 0 Å². The number of hydrogen-bond donors (Lipinski definition) is 1. The average Bonchev–Trinajstić information content (AvgIpc) is 2.45. The highest BCUT2D eigenvalue weighted by Crippen LogP contribution is 2.14. The van der Waals surface area contributed by atoms with E-state index in [9.17, 15) is 19.7 Å². The van der Waals surface area contributed by atoms with Crippen LogP contribution in [0.15, 0.2) is 24.3 Å². The molecule has 1 unspecified atom stereocenters. The minimum atomic E-state index is -1.24. The molecule has 0 aliphatic carbocycles. The third-order valence-corrected chi connectivity index (χ3v) is 3.06. The van der Waals surface area contributed by atoms with Gasteiger partial charge in [-0.15, -0.1) is 0 Å². The predicted molar refractivity (Wildman–Crippen MR) is 80.9 cm³/mol. The fourth-order valence-electron chi connectivity index (χ4n) is 1.67. The number of non-ortho nitro benzene ring substituents is 1. The van der Waals surface area contributed by atoms with E-state index in [2.05, 4.69) is 5.32 Å². The second kappa shape index (κ2) is 8.55. The molecule has 1 aromatic rings. The summed E-state index contributed by atoms with van der Waals surface area (Å²) in [4.78, 5) is 31.3. The minimum Gasteiger partial charge on any atom is -0.464 e. The summed E-state index contributed by atoms with van der Waals surface area (Å²) in [5.41, 5.74) is 0.689. The number of amides is 1. The molecular formula is C13H14Cl2N2O5. The van der Waals surface area contributed by atoms with Crippen LogP contribution >= 0.6 is 23.2 Å². The summed E-state index contributed by atoms with van der Waals surface area (Å²) in [6.45, 7) is 1.19. The number of nitrogens with one attached hydrogen (secondary N) is 1. The molecule has 0 bridgehead atoms. The molecule has 0 saturated carbocycles. The van der Waals surface area contributed by atoms with E-state index in [1.54, 1.807) is 12.1 Å². The van der Waals surface area contributed by atoms with Crippen LogP contribution in [-0.2, 0) is 20.7 Å². The summed E-state index contributed by atoms with van der Waals surface area (Å²) < 4.78 is 4.87. The van der Waals surface area contributed by atoms with Crippen molar-refractivity contribution in [2.75, 3.05) is 6.61 Å². The van der Waals surface area contributed by atoms with Gasteiger partial charge in [0, 0.05) is 19.1 Å². The zero-order valence-electron chi connectivity index (χ0n) is 11.6. The van der Waals surface area contributed by atoms with E-state index in [0.717, 1.165) is 5.56 Å². The van der Waals surface area contributed by atoms with Gasteiger partial charge in [-0.05, 0) is 12.0 Å². The van der Waals surface area contributed by atoms with Gasteiger partial charge in [0.25, 0.3) is 11.6 Å². The Kier molecular flexibility index (Phi) is 7.07. The fraction of sp³-hybridized carbons (Fsp3) is 0.385. The van der Waals surface area contributed by atoms with Crippen LogP contribution in [0.1, 0.15) is 12.5 Å². The second-order valence-electron chi connectivity index (χ2n) is 4.44. The fourth-order valence-corrected chi connectivity index (χ4v) is 1.80. The van der Waals surface area contributed by atoms with Crippen LogP contribution in [0, 0.1) is 10.1 Å². The van der Waals surface area contributed by atoms with Crippen molar-refractivity contribution in [1.82, 2.24) is 5.32 Å². The lowest BCUT2D eigenvalue weighted by Gasteiger charge is -2.19. The van der Waals surface area contributed by atoms with Gasteiger partial charge in [-0.3, -0.25) is 19.7 Å². The molecule has 7 nitrogen and oxygen atoms in total. The van der Waals surface area contributed by atoms with Crippen molar-refractivity contribution < 1.29 is 19.2 Å². The van der Waals surface area contributed by atoms with E-state index in [1.165, 1.54) is 19.1 Å². The number of benzene rings is 1. The summed E-state index contributed by atoms with van der Waals surface area (Å²) in [6.07, 6.45) is 0.303. The highest BCUT2D eigenvalue weighted by molar-refractivity contribution is 6.53. The molecule has 0 spiro atoms. The Hall–Kier alpha value is -1.86. The van der Waals surface area contributed by atoms with Gasteiger partial charge in [0.2, 0.25) is 0 Å². The maximum Gasteiger partial charge on any atom is 0.302 e. The zero-order chi connectivity index (χ0) is 16.7. The van der Waals surface area contributed by atoms with Gasteiger partial charge in [0.05, 0.1) is 11.0 Å². The maximum atomic E-state index is 11.5. The van der Waals surface area contributed by atoms with E-state index < -0.39 is 27.7 Å². The molecule has 1 amide bonds. The molecule has 1 atom stereocenters. The van der Waals surface area contributed by atoms with Crippen molar-refractivity contribution in [3.63, 3.8) is 0 Å². The third kappa shape index (κ3) is 6.28. The number of esters is 1. The van der Waals surface area contributed by atoms with Crippen molar-refractivity contribution >= 4 is 40.8 Å². The van der Waals surface area contributed by atoms with E-state index in [-0.39, 0.29) is 12.3 Å². The molecule has 1 rings (SSSR count). The number of halogens is 2. The monoisotopic (exact) mass is 348 g/mol. The third-order valence-electron chi connectivity index (χ3n) is 2.66. The van der Waals surface area contributed by atoms with Crippen LogP contribution in [0.3, 0.4) is 0 Å². The number of nitro benzene ring substituents is 1. The zero-order valence-corrected chi connectivity index (χ0v) is 13.1. The number of carbonyl (C=O) groups excluding carboxylic acids is 2. The normalized spacial score (nSPS) is 11.8. The molecule has 0 radical (unpaired) electrons. The molecule has 0 saturated heterocycles. The summed E-state index contributed by atoms with van der Waals surface area (Å²) in [5.74, 6) is -1.10. The average molecular weight is 349 g/mol. The second-order valence-corrected chi connectivity index (χ2v) is 5.53. The number of nitro groups is 1. The molecule has 120 valence electrons. The summed E-state index contributed by atoms with van der Waals surface area (Å²) >= 11 is 10.9. The number of ether oxygens (including phenoxy) is 1. The Morgan fingerprint density at radius 1 is 1.32 bits per heavy atom. The van der Waals surface area contributed by atoms with Gasteiger partial charge < -0.3 is 10.1 Å². The van der Waals surface area contributed by atoms with Crippen molar-refractivity contribution in [1.29, 1.82) is 0 Å². The van der Waals surface area contributed by atoms with Crippen LogP contribution in [-0.4, -0.2) is 34.3 Å². The van der Waals surface area contributed by atoms with Gasteiger partial charge in [-0.1, -0.05) is 35.3 Å². The van der Waals surface area contributed by atoms with Crippen molar-refractivity contribution in [3.05, 3.63) is 39.9 Å². The van der Waals surface area contributed by atoms with Crippen LogP contribution in [0.25, 0.3) is 0 Å². The molecule has 1 aromatic carbocycles. The first kappa shape index (κ1) is 18.2. The van der Waals surface area contributed by atoms with E-state index in [1.807, 2.05) is 0 Å². The smallest absolute Gasteiger partial charge is 0.302 e. The summed E-state index contributed by atoms with van der Waals surface area (Å²) in [7, 11) is 0. The van der Waals surface area contributed by atoms with Crippen LogP contribution in [0.4, 0.5) is 5.69 Å². The first-order valence-corrected chi connectivity index (χ1v) is 7.12. The first-order valence-electron chi connectivity index (χ1n) is 6.25. The van der Waals surface area contributed by atoms with Crippen molar-refractivity contribution in [2.24, 2.45) is 0 Å². The Morgan fingerprint density at radius 2 is 1.91 bits per heavy atom. The molecule has 0 heterocycles. The van der Waals surface area contributed by atoms with Crippen LogP contribution in [0.2, 0.25) is 0 Å². The number of hydrogen-bond acceptors (Lipinski definition) is 5. The largest absolute Gasteiger partial charge is 0.464 e. The lowest BCUT2D eigenvalue weighted by Crippen LogP contribution is -2.42. The molecule has 9 heteroatoms. The van der Waals surface area contributed by atoms with Crippen molar-refractivity contribution in [2.45, 2.75) is 24.2 Å². The number of carbonyl (C=O) groups is 2. The van der Waals surface area contributed by atoms with Crippen LogP contribution < -0.4 is 5.32 Å². The topological polar surface area (TPSA) is 98.5 Å². The van der Waals surface area contributed by atoms with Gasteiger partial charge in [-0.25, -0.2) is 0 Å². The Morgan fingerprint density at radius 3 is 2.36 bits per heavy atom.